The molecule has 0 aromatic heterocycles. The predicted octanol–water partition coefficient (Wildman–Crippen LogP) is 3.22. The Morgan fingerprint density at radius 1 is 1.08 bits per heavy atom. The molecule has 1 N–H and O–H groups in total. The van der Waals surface area contributed by atoms with Gasteiger partial charge in [0.1, 0.15) is 5.75 Å². The summed E-state index contributed by atoms with van der Waals surface area (Å²) in [5, 5.41) is 2.88. The number of methoxy groups -OCH3 is 2. The minimum absolute atomic E-state index is 0.0830. The molecule has 2 aromatic carbocycles. The third kappa shape index (κ3) is 5.35. The van der Waals surface area contributed by atoms with E-state index in [1.165, 1.54) is 32.4 Å². The molecule has 0 aliphatic heterocycles. The lowest BCUT2D eigenvalue weighted by Crippen LogP contribution is -2.21. The van der Waals surface area contributed by atoms with Gasteiger partial charge in [-0.15, -0.1) is 0 Å². The van der Waals surface area contributed by atoms with Crippen LogP contribution in [0.4, 0.5) is 10.1 Å². The van der Waals surface area contributed by atoms with Crippen LogP contribution in [-0.2, 0) is 20.7 Å². The monoisotopic (exact) mass is 381 g/mol. The van der Waals surface area contributed by atoms with E-state index in [1.807, 2.05) is 0 Å². The fourth-order valence-corrected chi connectivity index (χ4v) is 2.38. The zero-order valence-corrected chi connectivity index (χ0v) is 14.9. The Labute approximate surface area is 154 Å². The molecule has 0 aliphatic rings. The van der Waals surface area contributed by atoms with Crippen LogP contribution < -0.4 is 14.8 Å². The molecular formula is C18H17ClFNO5. The van der Waals surface area contributed by atoms with Crippen LogP contribution in [0.1, 0.15) is 5.56 Å². The van der Waals surface area contributed by atoms with Crippen molar-refractivity contribution in [3.05, 3.63) is 52.8 Å². The van der Waals surface area contributed by atoms with Crippen LogP contribution in [-0.4, -0.2) is 32.7 Å². The van der Waals surface area contributed by atoms with Crippen molar-refractivity contribution >= 4 is 29.2 Å². The number of anilines is 1. The first-order chi connectivity index (χ1) is 12.4. The van der Waals surface area contributed by atoms with Gasteiger partial charge in [-0.05, 0) is 35.9 Å². The van der Waals surface area contributed by atoms with Crippen molar-refractivity contribution in [2.45, 2.75) is 6.42 Å². The third-order valence-corrected chi connectivity index (χ3v) is 3.66. The van der Waals surface area contributed by atoms with Gasteiger partial charge < -0.3 is 19.5 Å². The number of carbonyl (C=O) groups is 2. The predicted molar refractivity (Wildman–Crippen MR) is 94.2 cm³/mol. The van der Waals surface area contributed by atoms with Gasteiger partial charge in [0.2, 0.25) is 0 Å². The fourth-order valence-electron chi connectivity index (χ4n) is 2.12. The Morgan fingerprint density at radius 3 is 2.38 bits per heavy atom. The van der Waals surface area contributed by atoms with Gasteiger partial charge in [0.25, 0.3) is 5.91 Å². The number of hydrogen-bond acceptors (Lipinski definition) is 5. The summed E-state index contributed by atoms with van der Waals surface area (Å²) in [5.74, 6) is -1.20. The van der Waals surface area contributed by atoms with Crippen molar-refractivity contribution in [3.8, 4) is 11.5 Å². The summed E-state index contributed by atoms with van der Waals surface area (Å²) in [5.41, 5.74) is 0.852. The van der Waals surface area contributed by atoms with E-state index in [4.69, 9.17) is 25.8 Å². The molecule has 0 spiro atoms. The van der Waals surface area contributed by atoms with Crippen molar-refractivity contribution in [1.29, 1.82) is 0 Å². The number of esters is 1. The van der Waals surface area contributed by atoms with Gasteiger partial charge in [-0.1, -0.05) is 17.7 Å². The molecule has 1 amide bonds. The molecule has 0 radical (unpaired) electrons. The Balaban J connectivity index is 1.84. The quantitative estimate of drug-likeness (QED) is 0.745. The van der Waals surface area contributed by atoms with E-state index in [2.05, 4.69) is 5.32 Å². The molecule has 0 fully saturated rings. The maximum absolute atomic E-state index is 13.6. The Hall–Kier alpha value is -2.80. The second kappa shape index (κ2) is 9.05. The average Bonchev–Trinajstić information content (AvgIpc) is 2.60. The van der Waals surface area contributed by atoms with Gasteiger partial charge >= 0.3 is 5.97 Å². The molecule has 0 aliphatic carbocycles. The van der Waals surface area contributed by atoms with E-state index >= 15 is 0 Å². The molecule has 0 heterocycles. The summed E-state index contributed by atoms with van der Waals surface area (Å²) in [6.45, 7) is -0.471. The first kappa shape index (κ1) is 19.5. The smallest absolute Gasteiger partial charge is 0.310 e. The topological polar surface area (TPSA) is 73.9 Å². The first-order valence-corrected chi connectivity index (χ1v) is 7.92. The molecule has 0 bridgehead atoms. The normalized spacial score (nSPS) is 10.2. The number of rotatable bonds is 7. The number of amides is 1. The largest absolute Gasteiger partial charge is 0.495 e. The number of benzene rings is 2. The van der Waals surface area contributed by atoms with Crippen molar-refractivity contribution in [3.63, 3.8) is 0 Å². The van der Waals surface area contributed by atoms with Crippen molar-refractivity contribution in [2.24, 2.45) is 0 Å². The second-order valence-corrected chi connectivity index (χ2v) is 5.61. The lowest BCUT2D eigenvalue weighted by atomic mass is 10.1. The Morgan fingerprint density at radius 2 is 1.77 bits per heavy atom. The summed E-state index contributed by atoms with van der Waals surface area (Å²) in [7, 11) is 2.83. The summed E-state index contributed by atoms with van der Waals surface area (Å²) < 4.78 is 28.3. The zero-order valence-electron chi connectivity index (χ0n) is 14.2. The van der Waals surface area contributed by atoms with Crippen LogP contribution >= 0.6 is 11.6 Å². The Kier molecular flexibility index (Phi) is 6.80. The molecule has 0 atom stereocenters. The van der Waals surface area contributed by atoms with Crippen LogP contribution in [0.3, 0.4) is 0 Å². The summed E-state index contributed by atoms with van der Waals surface area (Å²) >= 11 is 5.96. The highest BCUT2D eigenvalue weighted by molar-refractivity contribution is 6.32. The highest BCUT2D eigenvalue weighted by Gasteiger charge is 2.12. The number of halogens is 2. The van der Waals surface area contributed by atoms with E-state index in [9.17, 15) is 14.0 Å². The van der Waals surface area contributed by atoms with Gasteiger partial charge in [0.05, 0.1) is 25.7 Å². The summed E-state index contributed by atoms with van der Waals surface area (Å²) in [4.78, 5) is 23.6. The van der Waals surface area contributed by atoms with Gasteiger partial charge in [0, 0.05) is 5.69 Å². The van der Waals surface area contributed by atoms with Crippen LogP contribution in [0.2, 0.25) is 5.02 Å². The molecule has 0 saturated carbocycles. The zero-order chi connectivity index (χ0) is 19.1. The number of nitrogens with one attached hydrogen (secondary N) is 1. The van der Waals surface area contributed by atoms with Gasteiger partial charge in [-0.2, -0.15) is 0 Å². The van der Waals surface area contributed by atoms with E-state index in [0.29, 0.717) is 22.0 Å². The maximum atomic E-state index is 13.6. The molecular weight excluding hydrogens is 365 g/mol. The lowest BCUT2D eigenvalue weighted by molar-refractivity contribution is -0.146. The molecule has 0 saturated heterocycles. The second-order valence-electron chi connectivity index (χ2n) is 5.20. The van der Waals surface area contributed by atoms with Gasteiger partial charge in [0.15, 0.2) is 18.2 Å². The van der Waals surface area contributed by atoms with Crippen molar-refractivity contribution in [1.82, 2.24) is 0 Å². The molecule has 2 aromatic rings. The minimum atomic E-state index is -0.655. The Bertz CT molecular complexity index is 745. The third-order valence-electron chi connectivity index (χ3n) is 3.36. The average molecular weight is 382 g/mol. The number of carbonyl (C=O) groups excluding carboxylic acids is 2. The van der Waals surface area contributed by atoms with Crippen molar-refractivity contribution < 1.29 is 28.2 Å². The highest BCUT2D eigenvalue weighted by Crippen LogP contribution is 2.27. The molecule has 8 heteroatoms. The molecule has 2 rings (SSSR count). The van der Waals surface area contributed by atoms with Crippen LogP contribution in [0.25, 0.3) is 0 Å². The maximum Gasteiger partial charge on any atom is 0.310 e. The van der Waals surface area contributed by atoms with E-state index in [0.717, 1.165) is 0 Å². The summed E-state index contributed by atoms with van der Waals surface area (Å²) in [6, 6.07) is 8.85. The molecule has 0 unspecified atom stereocenters. The minimum Gasteiger partial charge on any atom is -0.495 e. The first-order valence-electron chi connectivity index (χ1n) is 7.54. The lowest BCUT2D eigenvalue weighted by Gasteiger charge is -2.09. The van der Waals surface area contributed by atoms with Crippen molar-refractivity contribution in [2.75, 3.05) is 26.1 Å². The van der Waals surface area contributed by atoms with Crippen LogP contribution in [0.15, 0.2) is 36.4 Å². The highest BCUT2D eigenvalue weighted by atomic mass is 35.5. The van der Waals surface area contributed by atoms with Crippen LogP contribution in [0.5, 0.6) is 11.5 Å². The summed E-state index contributed by atoms with van der Waals surface area (Å²) in [6.07, 6.45) is -0.164. The van der Waals surface area contributed by atoms with E-state index in [-0.39, 0.29) is 12.2 Å². The van der Waals surface area contributed by atoms with Gasteiger partial charge in [-0.3, -0.25) is 9.59 Å². The van der Waals surface area contributed by atoms with E-state index in [1.54, 1.807) is 18.2 Å². The molecule has 26 heavy (non-hydrogen) atoms. The number of ether oxygens (including phenoxy) is 3. The molecule has 6 nitrogen and oxygen atoms in total. The van der Waals surface area contributed by atoms with Crippen LogP contribution in [0, 0.1) is 5.82 Å². The SMILES string of the molecule is COc1ccc(CC(=O)OCC(=O)Nc2ccc(OC)c(Cl)c2)cc1F. The standard InChI is InChI=1S/C18H17ClFNO5/c1-24-15-6-4-12(9-13(15)19)21-17(22)10-26-18(23)8-11-3-5-16(25-2)14(20)7-11/h3-7,9H,8,10H2,1-2H3,(H,21,22). The molecule has 138 valence electrons. The number of hydrogen-bond donors (Lipinski definition) is 1. The van der Waals surface area contributed by atoms with E-state index < -0.39 is 24.3 Å². The van der Waals surface area contributed by atoms with Gasteiger partial charge in [-0.25, -0.2) is 4.39 Å². The fraction of sp³-hybridized carbons (Fsp3) is 0.222.